The van der Waals surface area contributed by atoms with E-state index in [0.29, 0.717) is 34.8 Å². The number of fused-ring (bicyclic) bond motifs is 2. The summed E-state index contributed by atoms with van der Waals surface area (Å²) in [5, 5.41) is 24.8. The molecule has 9 heteroatoms. The van der Waals surface area contributed by atoms with E-state index in [9.17, 15) is 20.0 Å². The van der Waals surface area contributed by atoms with Crippen molar-refractivity contribution in [3.8, 4) is 6.07 Å². The summed E-state index contributed by atoms with van der Waals surface area (Å²) in [6.45, 7) is 1.69. The summed E-state index contributed by atoms with van der Waals surface area (Å²) in [5.74, 6) is -1.10. The van der Waals surface area contributed by atoms with Crippen LogP contribution >= 0.6 is 0 Å². The van der Waals surface area contributed by atoms with Crippen molar-refractivity contribution in [2.45, 2.75) is 19.9 Å². The Morgan fingerprint density at radius 1 is 1.19 bits per heavy atom. The monoisotopic (exact) mass is 429 g/mol. The third-order valence-corrected chi connectivity index (χ3v) is 4.86. The first-order chi connectivity index (χ1) is 15.5. The van der Waals surface area contributed by atoms with Crippen molar-refractivity contribution < 1.29 is 14.6 Å². The average molecular weight is 429 g/mol. The number of nitrogens with one attached hydrogen (secondary N) is 1. The number of esters is 1. The number of hydrogen-bond donors (Lipinski definition) is 2. The fourth-order valence-electron chi connectivity index (χ4n) is 3.35. The number of carbonyl (C=O) groups excluding carboxylic acids is 1. The van der Waals surface area contributed by atoms with E-state index in [0.717, 1.165) is 0 Å². The summed E-state index contributed by atoms with van der Waals surface area (Å²) in [4.78, 5) is 32.6. The lowest BCUT2D eigenvalue weighted by Gasteiger charge is -2.10. The standard InChI is InChI=1S/C23H19N5O4/c1-2-11-28-22(30)15-8-4-3-7-14(15)20(27-28)23(31)32-13-19(29)16(12-24)21-25-17-9-5-6-10-18(17)26-21/h3-10,29H,2,11,13H2,1H3,(H,25,26). The van der Waals surface area contributed by atoms with E-state index in [4.69, 9.17) is 4.74 Å². The maximum atomic E-state index is 12.8. The van der Waals surface area contributed by atoms with E-state index in [1.807, 2.05) is 19.1 Å². The highest BCUT2D eigenvalue weighted by Gasteiger charge is 2.20. The van der Waals surface area contributed by atoms with Crippen LogP contribution in [0.15, 0.2) is 59.1 Å². The van der Waals surface area contributed by atoms with Gasteiger partial charge in [0.15, 0.2) is 17.3 Å². The van der Waals surface area contributed by atoms with Crippen molar-refractivity contribution in [2.24, 2.45) is 0 Å². The van der Waals surface area contributed by atoms with Gasteiger partial charge in [-0.1, -0.05) is 37.3 Å². The zero-order valence-electron chi connectivity index (χ0n) is 17.2. The molecular weight excluding hydrogens is 410 g/mol. The molecule has 160 valence electrons. The zero-order chi connectivity index (χ0) is 22.7. The van der Waals surface area contributed by atoms with Crippen LogP contribution in [0.2, 0.25) is 0 Å². The molecule has 9 nitrogen and oxygen atoms in total. The summed E-state index contributed by atoms with van der Waals surface area (Å²) in [6, 6.07) is 15.7. The van der Waals surface area contributed by atoms with Crippen LogP contribution in [0.25, 0.3) is 27.4 Å². The Hall–Kier alpha value is -4.45. The number of rotatable bonds is 6. The molecule has 4 aromatic rings. The first-order valence-corrected chi connectivity index (χ1v) is 9.97. The molecule has 0 aliphatic carbocycles. The largest absolute Gasteiger partial charge is 0.507 e. The first kappa shape index (κ1) is 20.8. The van der Waals surface area contributed by atoms with Crippen LogP contribution < -0.4 is 5.56 Å². The van der Waals surface area contributed by atoms with Gasteiger partial charge >= 0.3 is 5.97 Å². The molecule has 2 heterocycles. The molecule has 0 fully saturated rings. The Bertz CT molecular complexity index is 1430. The van der Waals surface area contributed by atoms with E-state index >= 15 is 0 Å². The molecule has 4 rings (SSSR count). The van der Waals surface area contributed by atoms with E-state index < -0.39 is 18.3 Å². The Kier molecular flexibility index (Phi) is 5.68. The maximum Gasteiger partial charge on any atom is 0.359 e. The number of aliphatic hydroxyl groups is 1. The van der Waals surface area contributed by atoms with Crippen LogP contribution in [0, 0.1) is 11.3 Å². The fourth-order valence-corrected chi connectivity index (χ4v) is 3.35. The van der Waals surface area contributed by atoms with E-state index in [1.54, 1.807) is 42.5 Å². The van der Waals surface area contributed by atoms with Gasteiger partial charge < -0.3 is 14.8 Å². The molecule has 2 aromatic carbocycles. The van der Waals surface area contributed by atoms with Gasteiger partial charge in [-0.2, -0.15) is 10.4 Å². The zero-order valence-corrected chi connectivity index (χ0v) is 17.2. The quantitative estimate of drug-likeness (QED) is 0.273. The van der Waals surface area contributed by atoms with E-state index in [-0.39, 0.29) is 22.7 Å². The van der Waals surface area contributed by atoms with Crippen LogP contribution in [-0.2, 0) is 11.3 Å². The number of aliphatic hydroxyl groups excluding tert-OH is 1. The third kappa shape index (κ3) is 3.81. The van der Waals surface area contributed by atoms with Crippen molar-refractivity contribution in [1.82, 2.24) is 19.7 Å². The molecule has 0 bridgehead atoms. The van der Waals surface area contributed by atoms with E-state index in [1.165, 1.54) is 4.68 Å². The molecule has 0 atom stereocenters. The number of aromatic amines is 1. The average Bonchev–Trinajstić information content (AvgIpc) is 3.23. The second kappa shape index (κ2) is 8.73. The lowest BCUT2D eigenvalue weighted by atomic mass is 10.1. The highest BCUT2D eigenvalue weighted by molar-refractivity contribution is 6.02. The summed E-state index contributed by atoms with van der Waals surface area (Å²) in [5.41, 5.74) is 0.868. The van der Waals surface area contributed by atoms with Crippen LogP contribution in [0.3, 0.4) is 0 Å². The summed E-state index contributed by atoms with van der Waals surface area (Å²) < 4.78 is 6.46. The fraction of sp³-hybridized carbons (Fsp3) is 0.174. The first-order valence-electron chi connectivity index (χ1n) is 9.97. The number of nitriles is 1. The lowest BCUT2D eigenvalue weighted by Crippen LogP contribution is -2.26. The molecule has 32 heavy (non-hydrogen) atoms. The molecule has 0 spiro atoms. The second-order valence-electron chi connectivity index (χ2n) is 7.03. The minimum Gasteiger partial charge on any atom is -0.507 e. The molecule has 0 unspecified atom stereocenters. The third-order valence-electron chi connectivity index (χ3n) is 4.86. The van der Waals surface area contributed by atoms with Gasteiger partial charge in [0.2, 0.25) is 0 Å². The second-order valence-corrected chi connectivity index (χ2v) is 7.03. The molecule has 2 aromatic heterocycles. The minimum absolute atomic E-state index is 0.0382. The number of aryl methyl sites for hydroxylation is 1. The van der Waals surface area contributed by atoms with E-state index in [2.05, 4.69) is 15.1 Å². The van der Waals surface area contributed by atoms with Crippen molar-refractivity contribution in [3.05, 3.63) is 76.2 Å². The van der Waals surface area contributed by atoms with Gasteiger partial charge in [0.25, 0.3) is 5.56 Å². The number of allylic oxidation sites excluding steroid dienone is 1. The lowest BCUT2D eigenvalue weighted by molar-refractivity contribution is 0.0495. The van der Waals surface area contributed by atoms with Crippen LogP contribution in [-0.4, -0.2) is 37.4 Å². The van der Waals surface area contributed by atoms with Gasteiger partial charge in [-0.25, -0.2) is 14.5 Å². The Morgan fingerprint density at radius 3 is 2.62 bits per heavy atom. The van der Waals surface area contributed by atoms with Gasteiger partial charge in [0, 0.05) is 11.9 Å². The number of ether oxygens (including phenoxy) is 1. The molecule has 0 saturated heterocycles. The number of para-hydroxylation sites is 2. The highest BCUT2D eigenvalue weighted by atomic mass is 16.5. The summed E-state index contributed by atoms with van der Waals surface area (Å²) in [6.07, 6.45) is 0.659. The van der Waals surface area contributed by atoms with Gasteiger partial charge in [0.1, 0.15) is 18.2 Å². The smallest absolute Gasteiger partial charge is 0.359 e. The number of imidazole rings is 1. The summed E-state index contributed by atoms with van der Waals surface area (Å²) >= 11 is 0. The van der Waals surface area contributed by atoms with Crippen molar-refractivity contribution in [3.63, 3.8) is 0 Å². The van der Waals surface area contributed by atoms with Gasteiger partial charge in [-0.3, -0.25) is 4.79 Å². The van der Waals surface area contributed by atoms with Crippen LogP contribution in [0.1, 0.15) is 29.7 Å². The predicted molar refractivity (Wildman–Crippen MR) is 118 cm³/mol. The maximum absolute atomic E-state index is 12.8. The number of hydrogen-bond acceptors (Lipinski definition) is 7. The number of carbonyl (C=O) groups is 1. The van der Waals surface area contributed by atoms with Crippen LogP contribution in [0.4, 0.5) is 0 Å². The Balaban J connectivity index is 1.64. The molecule has 0 radical (unpaired) electrons. The molecular formula is C23H19N5O4. The number of H-pyrrole nitrogens is 1. The van der Waals surface area contributed by atoms with Gasteiger partial charge in [-0.05, 0) is 24.6 Å². The predicted octanol–water partition coefficient (Wildman–Crippen LogP) is 3.33. The minimum atomic E-state index is -0.820. The van der Waals surface area contributed by atoms with Crippen LogP contribution in [0.5, 0.6) is 0 Å². The highest BCUT2D eigenvalue weighted by Crippen LogP contribution is 2.20. The van der Waals surface area contributed by atoms with Crippen molar-refractivity contribution in [2.75, 3.05) is 6.61 Å². The Morgan fingerprint density at radius 2 is 1.91 bits per heavy atom. The Labute approximate surface area is 182 Å². The van der Waals surface area contributed by atoms with Gasteiger partial charge in [-0.15, -0.1) is 0 Å². The molecule has 0 amide bonds. The van der Waals surface area contributed by atoms with Crippen molar-refractivity contribution >= 4 is 33.3 Å². The van der Waals surface area contributed by atoms with Crippen molar-refractivity contribution in [1.29, 1.82) is 5.26 Å². The topological polar surface area (TPSA) is 134 Å². The SMILES string of the molecule is CCCn1nc(C(=O)OCC(O)=C(C#N)c2nc3ccccc3[nH]2)c2ccccc2c1=O. The summed E-state index contributed by atoms with van der Waals surface area (Å²) in [7, 11) is 0. The normalized spacial score (nSPS) is 11.9. The molecule has 0 saturated carbocycles. The molecule has 2 N–H and O–H groups in total. The molecule has 0 aliphatic rings. The number of aromatic nitrogens is 4. The van der Waals surface area contributed by atoms with Gasteiger partial charge in [0.05, 0.1) is 16.4 Å². The number of benzene rings is 2. The molecule has 0 aliphatic heterocycles. The number of nitrogens with zero attached hydrogens (tertiary/aromatic N) is 4.